The Hall–Kier alpha value is -2.48. The standard InChI is InChI=1S/C10H13N7O/c1-5-9(6(2)17-16-5)14-10(18)7-3-12-4-8(13-7)15-11/h3-4H,11H2,1-2H3,(H,13,15)(H,14,18)(H,16,17). The first-order valence-corrected chi connectivity index (χ1v) is 5.23. The normalized spacial score (nSPS) is 10.2. The maximum Gasteiger partial charge on any atom is 0.276 e. The Balaban J connectivity index is 2.22. The molecule has 0 bridgehead atoms. The van der Waals surface area contributed by atoms with Gasteiger partial charge in [0.1, 0.15) is 5.69 Å². The molecule has 5 N–H and O–H groups in total. The highest BCUT2D eigenvalue weighted by Crippen LogP contribution is 2.16. The van der Waals surface area contributed by atoms with Crippen LogP contribution in [0.4, 0.5) is 11.5 Å². The van der Waals surface area contributed by atoms with Gasteiger partial charge in [0.15, 0.2) is 5.82 Å². The van der Waals surface area contributed by atoms with Gasteiger partial charge in [-0.05, 0) is 13.8 Å². The van der Waals surface area contributed by atoms with Crippen LogP contribution in [0.15, 0.2) is 12.4 Å². The molecule has 2 rings (SSSR count). The van der Waals surface area contributed by atoms with Crippen LogP contribution in [0.5, 0.6) is 0 Å². The van der Waals surface area contributed by atoms with Crippen molar-refractivity contribution in [2.24, 2.45) is 5.84 Å². The Labute approximate surface area is 103 Å². The Morgan fingerprint density at radius 3 is 2.78 bits per heavy atom. The van der Waals surface area contributed by atoms with E-state index in [2.05, 4.69) is 30.9 Å². The molecule has 0 spiro atoms. The van der Waals surface area contributed by atoms with Crippen molar-refractivity contribution in [2.75, 3.05) is 10.7 Å². The van der Waals surface area contributed by atoms with Crippen LogP contribution in [0.2, 0.25) is 0 Å². The highest BCUT2D eigenvalue weighted by molar-refractivity contribution is 6.03. The van der Waals surface area contributed by atoms with E-state index in [1.54, 1.807) is 6.92 Å². The molecular formula is C10H13N7O. The van der Waals surface area contributed by atoms with Crippen LogP contribution in [0, 0.1) is 13.8 Å². The van der Waals surface area contributed by atoms with E-state index < -0.39 is 0 Å². The van der Waals surface area contributed by atoms with Gasteiger partial charge in [-0.15, -0.1) is 0 Å². The topological polar surface area (TPSA) is 122 Å². The Morgan fingerprint density at radius 1 is 1.39 bits per heavy atom. The Morgan fingerprint density at radius 2 is 2.17 bits per heavy atom. The minimum absolute atomic E-state index is 0.172. The summed E-state index contributed by atoms with van der Waals surface area (Å²) in [5, 5.41) is 9.49. The lowest BCUT2D eigenvalue weighted by Crippen LogP contribution is -2.17. The summed E-state index contributed by atoms with van der Waals surface area (Å²) in [6, 6.07) is 0. The number of hydrogen-bond donors (Lipinski definition) is 4. The minimum Gasteiger partial charge on any atom is -0.317 e. The van der Waals surface area contributed by atoms with E-state index in [-0.39, 0.29) is 11.6 Å². The second-order valence-electron chi connectivity index (χ2n) is 3.70. The van der Waals surface area contributed by atoms with E-state index in [0.717, 1.165) is 5.69 Å². The van der Waals surface area contributed by atoms with Gasteiger partial charge in [-0.1, -0.05) is 0 Å². The molecule has 8 nitrogen and oxygen atoms in total. The van der Waals surface area contributed by atoms with Crippen molar-refractivity contribution in [2.45, 2.75) is 13.8 Å². The molecule has 0 aliphatic carbocycles. The molecular weight excluding hydrogens is 234 g/mol. The van der Waals surface area contributed by atoms with Gasteiger partial charge in [-0.2, -0.15) is 5.10 Å². The highest BCUT2D eigenvalue weighted by atomic mass is 16.1. The zero-order chi connectivity index (χ0) is 13.1. The number of aromatic amines is 1. The van der Waals surface area contributed by atoms with Gasteiger partial charge in [0, 0.05) is 0 Å². The van der Waals surface area contributed by atoms with Gasteiger partial charge >= 0.3 is 0 Å². The number of anilines is 2. The van der Waals surface area contributed by atoms with E-state index in [0.29, 0.717) is 17.2 Å². The van der Waals surface area contributed by atoms with Crippen LogP contribution in [0.1, 0.15) is 21.9 Å². The summed E-state index contributed by atoms with van der Waals surface area (Å²) in [6.45, 7) is 3.61. The number of carbonyl (C=O) groups is 1. The predicted octanol–water partition coefficient (Wildman–Crippen LogP) is 0.354. The number of H-pyrrole nitrogens is 1. The summed E-state index contributed by atoms with van der Waals surface area (Å²) < 4.78 is 0. The fourth-order valence-corrected chi connectivity index (χ4v) is 1.46. The maximum atomic E-state index is 12.0. The van der Waals surface area contributed by atoms with E-state index in [1.807, 2.05) is 6.92 Å². The van der Waals surface area contributed by atoms with Crippen LogP contribution in [-0.2, 0) is 0 Å². The molecule has 94 valence electrons. The van der Waals surface area contributed by atoms with Crippen molar-refractivity contribution in [3.05, 3.63) is 29.5 Å². The molecule has 0 unspecified atom stereocenters. The number of nitrogens with zero attached hydrogens (tertiary/aromatic N) is 3. The van der Waals surface area contributed by atoms with Gasteiger partial charge in [-0.3, -0.25) is 14.9 Å². The van der Waals surface area contributed by atoms with Crippen molar-refractivity contribution in [3.8, 4) is 0 Å². The lowest BCUT2D eigenvalue weighted by molar-refractivity contribution is 0.102. The van der Waals surface area contributed by atoms with E-state index in [4.69, 9.17) is 5.84 Å². The number of nitrogens with two attached hydrogens (primary N) is 1. The molecule has 0 aliphatic heterocycles. The fourth-order valence-electron chi connectivity index (χ4n) is 1.46. The number of rotatable bonds is 3. The molecule has 2 aromatic heterocycles. The molecule has 0 radical (unpaired) electrons. The van der Waals surface area contributed by atoms with Crippen LogP contribution >= 0.6 is 0 Å². The Kier molecular flexibility index (Phi) is 3.20. The number of amides is 1. The van der Waals surface area contributed by atoms with Gasteiger partial charge in [0.2, 0.25) is 0 Å². The SMILES string of the molecule is Cc1n[nH]c(C)c1NC(=O)c1cncc(NN)n1. The fraction of sp³-hybridized carbons (Fsp3) is 0.200. The number of hydrazine groups is 1. The summed E-state index contributed by atoms with van der Waals surface area (Å²) in [7, 11) is 0. The zero-order valence-electron chi connectivity index (χ0n) is 9.98. The average molecular weight is 247 g/mol. The van der Waals surface area contributed by atoms with Crippen molar-refractivity contribution < 1.29 is 4.79 Å². The summed E-state index contributed by atoms with van der Waals surface area (Å²) in [4.78, 5) is 19.8. The molecule has 0 atom stereocenters. The molecule has 2 aromatic rings. The van der Waals surface area contributed by atoms with Crippen LogP contribution < -0.4 is 16.6 Å². The van der Waals surface area contributed by atoms with E-state index in [9.17, 15) is 4.79 Å². The third-order valence-corrected chi connectivity index (χ3v) is 2.38. The maximum absolute atomic E-state index is 12.0. The third kappa shape index (κ3) is 2.28. The van der Waals surface area contributed by atoms with Crippen LogP contribution in [0.3, 0.4) is 0 Å². The van der Waals surface area contributed by atoms with Crippen molar-refractivity contribution >= 4 is 17.4 Å². The summed E-state index contributed by atoms with van der Waals surface area (Å²) in [5.74, 6) is 5.16. The Bertz CT molecular complexity index is 558. The minimum atomic E-state index is -0.368. The number of carbonyl (C=O) groups excluding carboxylic acids is 1. The lowest BCUT2D eigenvalue weighted by Gasteiger charge is -2.05. The molecule has 18 heavy (non-hydrogen) atoms. The lowest BCUT2D eigenvalue weighted by atomic mass is 10.3. The quantitative estimate of drug-likeness (QED) is 0.458. The second-order valence-corrected chi connectivity index (χ2v) is 3.70. The molecule has 8 heteroatoms. The van der Waals surface area contributed by atoms with Gasteiger partial charge < -0.3 is 10.7 Å². The molecule has 0 saturated heterocycles. The highest BCUT2D eigenvalue weighted by Gasteiger charge is 2.13. The smallest absolute Gasteiger partial charge is 0.276 e. The number of hydrogen-bond acceptors (Lipinski definition) is 6. The molecule has 0 saturated carbocycles. The summed E-state index contributed by atoms with van der Waals surface area (Å²) in [6.07, 6.45) is 2.78. The predicted molar refractivity (Wildman–Crippen MR) is 65.9 cm³/mol. The molecule has 0 fully saturated rings. The zero-order valence-corrected chi connectivity index (χ0v) is 9.98. The van der Waals surface area contributed by atoms with Gasteiger partial charge in [0.05, 0.1) is 29.5 Å². The van der Waals surface area contributed by atoms with Gasteiger partial charge in [-0.25, -0.2) is 10.8 Å². The number of nitrogen functional groups attached to an aromatic ring is 1. The molecule has 0 aromatic carbocycles. The largest absolute Gasteiger partial charge is 0.317 e. The van der Waals surface area contributed by atoms with Crippen LogP contribution in [-0.4, -0.2) is 26.1 Å². The van der Waals surface area contributed by atoms with Crippen molar-refractivity contribution in [1.82, 2.24) is 20.2 Å². The van der Waals surface area contributed by atoms with Gasteiger partial charge in [0.25, 0.3) is 5.91 Å². The summed E-state index contributed by atoms with van der Waals surface area (Å²) in [5.41, 5.74) is 4.64. The third-order valence-electron chi connectivity index (χ3n) is 2.38. The number of nitrogens with one attached hydrogen (secondary N) is 3. The molecule has 0 aliphatic rings. The monoisotopic (exact) mass is 247 g/mol. The van der Waals surface area contributed by atoms with Crippen LogP contribution in [0.25, 0.3) is 0 Å². The van der Waals surface area contributed by atoms with E-state index >= 15 is 0 Å². The summed E-state index contributed by atoms with van der Waals surface area (Å²) >= 11 is 0. The first-order chi connectivity index (χ1) is 8.61. The molecule has 1 amide bonds. The number of aryl methyl sites for hydroxylation is 2. The second kappa shape index (κ2) is 4.80. The molecule has 2 heterocycles. The average Bonchev–Trinajstić information content (AvgIpc) is 2.70. The van der Waals surface area contributed by atoms with E-state index in [1.165, 1.54) is 12.4 Å². The van der Waals surface area contributed by atoms with Crippen molar-refractivity contribution in [3.63, 3.8) is 0 Å². The number of aromatic nitrogens is 4. The first-order valence-electron chi connectivity index (χ1n) is 5.23. The van der Waals surface area contributed by atoms with Crippen molar-refractivity contribution in [1.29, 1.82) is 0 Å². The first kappa shape index (κ1) is 12.0.